The zero-order chi connectivity index (χ0) is 13.7. The van der Waals surface area contributed by atoms with E-state index in [9.17, 15) is 4.79 Å². The van der Waals surface area contributed by atoms with Gasteiger partial charge in [0.25, 0.3) is 5.91 Å². The third kappa shape index (κ3) is 3.37. The molecule has 1 unspecified atom stereocenters. The highest BCUT2D eigenvalue weighted by molar-refractivity contribution is 6.30. The number of oxime groups is 1. The van der Waals surface area contributed by atoms with Crippen molar-refractivity contribution in [2.45, 2.75) is 26.3 Å². The first-order valence-electron chi connectivity index (χ1n) is 5.54. The van der Waals surface area contributed by atoms with Crippen LogP contribution in [0.4, 0.5) is 0 Å². The molecule has 1 rings (SSSR count). The number of aryl methyl sites for hydroxylation is 1. The van der Waals surface area contributed by atoms with Gasteiger partial charge in [-0.1, -0.05) is 23.7 Å². The first kappa shape index (κ1) is 14.3. The van der Waals surface area contributed by atoms with Crippen LogP contribution in [-0.2, 0) is 0 Å². The lowest BCUT2D eigenvalue weighted by Crippen LogP contribution is -2.44. The number of nitrogens with two attached hydrogens (primary N) is 1. The summed E-state index contributed by atoms with van der Waals surface area (Å²) in [4.78, 5) is 12.0. The first-order chi connectivity index (χ1) is 8.49. The highest BCUT2D eigenvalue weighted by atomic mass is 35.5. The van der Waals surface area contributed by atoms with Crippen LogP contribution in [-0.4, -0.2) is 23.0 Å². The molecule has 5 nitrogen and oxygen atoms in total. The van der Waals surface area contributed by atoms with Gasteiger partial charge in [0.15, 0.2) is 5.84 Å². The summed E-state index contributed by atoms with van der Waals surface area (Å²) < 4.78 is 0. The number of nitrogens with zero attached hydrogens (tertiary/aromatic N) is 1. The number of benzene rings is 1. The van der Waals surface area contributed by atoms with Crippen molar-refractivity contribution in [2.75, 3.05) is 0 Å². The Labute approximate surface area is 111 Å². The Bertz CT molecular complexity index is 474. The van der Waals surface area contributed by atoms with E-state index in [1.807, 2.05) is 6.92 Å². The molecular formula is C12H16ClN3O2. The van der Waals surface area contributed by atoms with E-state index in [2.05, 4.69) is 10.5 Å². The van der Waals surface area contributed by atoms with Crippen LogP contribution in [0.15, 0.2) is 23.4 Å². The summed E-state index contributed by atoms with van der Waals surface area (Å²) in [7, 11) is 0. The molecule has 0 saturated carbocycles. The number of nitrogens with one attached hydrogen (secondary N) is 1. The molecular weight excluding hydrogens is 254 g/mol. The number of halogens is 1. The SMILES string of the molecule is CCC(NC(=O)c1ccc(Cl)cc1C)/C(N)=N/O. The Hall–Kier alpha value is -1.75. The summed E-state index contributed by atoms with van der Waals surface area (Å²) in [6.07, 6.45) is 0.536. The summed E-state index contributed by atoms with van der Waals surface area (Å²) >= 11 is 5.82. The zero-order valence-electron chi connectivity index (χ0n) is 10.3. The van der Waals surface area contributed by atoms with Crippen LogP contribution in [0.3, 0.4) is 0 Å². The number of carbonyl (C=O) groups excluding carboxylic acids is 1. The number of hydrogen-bond acceptors (Lipinski definition) is 3. The maximum absolute atomic E-state index is 12.0. The van der Waals surface area contributed by atoms with Crippen molar-refractivity contribution < 1.29 is 10.0 Å². The number of rotatable bonds is 4. The van der Waals surface area contributed by atoms with E-state index in [4.69, 9.17) is 22.5 Å². The van der Waals surface area contributed by atoms with Gasteiger partial charge in [0.2, 0.25) is 0 Å². The molecule has 0 aliphatic rings. The molecule has 1 atom stereocenters. The van der Waals surface area contributed by atoms with Gasteiger partial charge < -0.3 is 16.3 Å². The van der Waals surface area contributed by atoms with Crippen LogP contribution in [0.25, 0.3) is 0 Å². The molecule has 0 saturated heterocycles. The smallest absolute Gasteiger partial charge is 0.252 e. The van der Waals surface area contributed by atoms with Crippen LogP contribution >= 0.6 is 11.6 Å². The van der Waals surface area contributed by atoms with Crippen molar-refractivity contribution in [3.05, 3.63) is 34.3 Å². The van der Waals surface area contributed by atoms with E-state index in [0.717, 1.165) is 5.56 Å². The van der Waals surface area contributed by atoms with Gasteiger partial charge in [0.05, 0.1) is 6.04 Å². The number of carbonyl (C=O) groups is 1. The van der Waals surface area contributed by atoms with Crippen molar-refractivity contribution in [3.63, 3.8) is 0 Å². The van der Waals surface area contributed by atoms with Crippen LogP contribution in [0.1, 0.15) is 29.3 Å². The average Bonchev–Trinajstić information content (AvgIpc) is 2.34. The molecule has 0 aliphatic heterocycles. The third-order valence-corrected chi connectivity index (χ3v) is 2.85. The number of hydrogen-bond donors (Lipinski definition) is 3. The van der Waals surface area contributed by atoms with Gasteiger partial charge in [-0.3, -0.25) is 4.79 Å². The molecule has 1 amide bonds. The fourth-order valence-corrected chi connectivity index (χ4v) is 1.80. The summed E-state index contributed by atoms with van der Waals surface area (Å²) in [6.45, 7) is 3.63. The molecule has 1 aromatic rings. The van der Waals surface area contributed by atoms with E-state index in [-0.39, 0.29) is 11.7 Å². The summed E-state index contributed by atoms with van der Waals surface area (Å²) in [5.74, 6) is -0.292. The fourth-order valence-electron chi connectivity index (χ4n) is 1.57. The molecule has 98 valence electrons. The summed E-state index contributed by atoms with van der Waals surface area (Å²) in [5.41, 5.74) is 6.77. The quantitative estimate of drug-likeness (QED) is 0.338. The van der Waals surface area contributed by atoms with E-state index in [1.54, 1.807) is 25.1 Å². The third-order valence-electron chi connectivity index (χ3n) is 2.62. The van der Waals surface area contributed by atoms with Crippen LogP contribution in [0.2, 0.25) is 5.02 Å². The number of amides is 1. The van der Waals surface area contributed by atoms with E-state index in [1.165, 1.54) is 0 Å². The molecule has 0 aliphatic carbocycles. The van der Waals surface area contributed by atoms with Crippen LogP contribution < -0.4 is 11.1 Å². The Kier molecular flexibility index (Phi) is 4.97. The van der Waals surface area contributed by atoms with E-state index in [0.29, 0.717) is 17.0 Å². The monoisotopic (exact) mass is 269 g/mol. The second kappa shape index (κ2) is 6.26. The van der Waals surface area contributed by atoms with Gasteiger partial charge in [-0.2, -0.15) is 0 Å². The average molecular weight is 270 g/mol. The molecule has 0 heterocycles. The number of amidine groups is 1. The molecule has 6 heteroatoms. The van der Waals surface area contributed by atoms with Gasteiger partial charge >= 0.3 is 0 Å². The van der Waals surface area contributed by atoms with Gasteiger partial charge in [-0.25, -0.2) is 0 Å². The maximum atomic E-state index is 12.0. The molecule has 0 spiro atoms. The fraction of sp³-hybridized carbons (Fsp3) is 0.333. The highest BCUT2D eigenvalue weighted by Crippen LogP contribution is 2.15. The summed E-state index contributed by atoms with van der Waals surface area (Å²) in [6, 6.07) is 4.51. The van der Waals surface area contributed by atoms with Crippen LogP contribution in [0.5, 0.6) is 0 Å². The minimum Gasteiger partial charge on any atom is -0.409 e. The normalized spacial score (nSPS) is 13.2. The molecule has 0 bridgehead atoms. The lowest BCUT2D eigenvalue weighted by atomic mass is 10.1. The minimum atomic E-state index is -0.488. The Morgan fingerprint density at radius 3 is 2.78 bits per heavy atom. The van der Waals surface area contributed by atoms with Crippen molar-refractivity contribution in [1.82, 2.24) is 5.32 Å². The van der Waals surface area contributed by atoms with Crippen molar-refractivity contribution in [2.24, 2.45) is 10.9 Å². The molecule has 0 fully saturated rings. The van der Waals surface area contributed by atoms with Crippen molar-refractivity contribution in [1.29, 1.82) is 0 Å². The molecule has 0 aromatic heterocycles. The van der Waals surface area contributed by atoms with E-state index >= 15 is 0 Å². The molecule has 4 N–H and O–H groups in total. The molecule has 18 heavy (non-hydrogen) atoms. The predicted molar refractivity (Wildman–Crippen MR) is 71.1 cm³/mol. The highest BCUT2D eigenvalue weighted by Gasteiger charge is 2.17. The lowest BCUT2D eigenvalue weighted by molar-refractivity contribution is 0.0945. The molecule has 0 radical (unpaired) electrons. The predicted octanol–water partition coefficient (Wildman–Crippen LogP) is 1.90. The Balaban J connectivity index is 2.88. The van der Waals surface area contributed by atoms with Crippen molar-refractivity contribution >= 4 is 23.3 Å². The maximum Gasteiger partial charge on any atom is 0.252 e. The molecule has 1 aromatic carbocycles. The van der Waals surface area contributed by atoms with Gasteiger partial charge in [0.1, 0.15) is 0 Å². The van der Waals surface area contributed by atoms with Gasteiger partial charge in [-0.05, 0) is 37.1 Å². The zero-order valence-corrected chi connectivity index (χ0v) is 11.0. The van der Waals surface area contributed by atoms with Gasteiger partial charge in [0, 0.05) is 10.6 Å². The standard InChI is InChI=1S/C12H16ClN3O2/c1-3-10(11(14)16-18)15-12(17)9-5-4-8(13)6-7(9)2/h4-6,10,18H,3H2,1-2H3,(H2,14,16)(H,15,17). The van der Waals surface area contributed by atoms with E-state index < -0.39 is 6.04 Å². The lowest BCUT2D eigenvalue weighted by Gasteiger charge is -2.16. The Morgan fingerprint density at radius 1 is 1.61 bits per heavy atom. The minimum absolute atomic E-state index is 0.0162. The summed E-state index contributed by atoms with van der Waals surface area (Å²) in [5, 5.41) is 14.8. The topological polar surface area (TPSA) is 87.7 Å². The van der Waals surface area contributed by atoms with Crippen molar-refractivity contribution in [3.8, 4) is 0 Å². The van der Waals surface area contributed by atoms with Gasteiger partial charge in [-0.15, -0.1) is 0 Å². The second-order valence-electron chi connectivity index (χ2n) is 3.92. The first-order valence-corrected chi connectivity index (χ1v) is 5.91. The largest absolute Gasteiger partial charge is 0.409 e. The van der Waals surface area contributed by atoms with Crippen LogP contribution in [0, 0.1) is 6.92 Å². The second-order valence-corrected chi connectivity index (χ2v) is 4.35. The Morgan fingerprint density at radius 2 is 2.28 bits per heavy atom.